The van der Waals surface area contributed by atoms with E-state index >= 15 is 0 Å². The van der Waals surface area contributed by atoms with E-state index in [0.29, 0.717) is 16.2 Å². The molecule has 162 valence electrons. The molecule has 3 aromatic carbocycles. The second-order valence-electron chi connectivity index (χ2n) is 8.22. The van der Waals surface area contributed by atoms with Crippen molar-refractivity contribution in [3.63, 3.8) is 0 Å². The molecule has 1 aliphatic rings. The van der Waals surface area contributed by atoms with Crippen molar-refractivity contribution < 1.29 is 19.0 Å². The minimum atomic E-state index is -0.774. The average Bonchev–Trinajstić information content (AvgIpc) is 2.82. The van der Waals surface area contributed by atoms with Crippen molar-refractivity contribution in [1.82, 2.24) is 0 Å². The summed E-state index contributed by atoms with van der Waals surface area (Å²) >= 11 is 0. The standard InChI is InChI=1S/C27H18O6/c28-24-18(26(30)32-20-11-9-14-5-1-3-7-16(14)22(20)24)13-19-25(29)23-17-8-4-2-6-15(17)10-12-21(23)33-27(19)31/h1,3-5,7-12,28-29H,2,6,13H2. The molecule has 0 aliphatic heterocycles. The van der Waals surface area contributed by atoms with Gasteiger partial charge in [-0.2, -0.15) is 0 Å². The van der Waals surface area contributed by atoms with Crippen LogP contribution >= 0.6 is 0 Å². The molecule has 33 heavy (non-hydrogen) atoms. The molecular formula is C27H18O6. The van der Waals surface area contributed by atoms with Gasteiger partial charge >= 0.3 is 11.3 Å². The van der Waals surface area contributed by atoms with Crippen molar-refractivity contribution in [2.45, 2.75) is 19.3 Å². The van der Waals surface area contributed by atoms with Crippen LogP contribution in [0.3, 0.4) is 0 Å². The summed E-state index contributed by atoms with van der Waals surface area (Å²) in [4.78, 5) is 25.5. The smallest absolute Gasteiger partial charge is 0.343 e. The molecule has 0 saturated heterocycles. The van der Waals surface area contributed by atoms with E-state index in [1.807, 2.05) is 42.5 Å². The van der Waals surface area contributed by atoms with Crippen molar-refractivity contribution in [2.24, 2.45) is 0 Å². The Bertz CT molecular complexity index is 1750. The summed E-state index contributed by atoms with van der Waals surface area (Å²) in [5.41, 5.74) is 0.599. The number of hydrogen-bond donors (Lipinski definition) is 2. The van der Waals surface area contributed by atoms with Gasteiger partial charge in [0.15, 0.2) is 0 Å². The van der Waals surface area contributed by atoms with Gasteiger partial charge in [0.1, 0.15) is 22.7 Å². The van der Waals surface area contributed by atoms with Crippen LogP contribution in [0.4, 0.5) is 0 Å². The number of aryl methyl sites for hydroxylation is 1. The maximum Gasteiger partial charge on any atom is 0.343 e. The molecule has 2 aromatic heterocycles. The van der Waals surface area contributed by atoms with Gasteiger partial charge in [0, 0.05) is 6.42 Å². The Morgan fingerprint density at radius 3 is 2.24 bits per heavy atom. The Balaban J connectivity index is 1.61. The zero-order valence-corrected chi connectivity index (χ0v) is 17.4. The molecule has 0 radical (unpaired) electrons. The second kappa shape index (κ2) is 7.10. The number of fused-ring (bicyclic) bond motifs is 6. The van der Waals surface area contributed by atoms with Gasteiger partial charge in [0.25, 0.3) is 0 Å². The molecule has 6 nitrogen and oxygen atoms in total. The molecule has 5 aromatic rings. The highest BCUT2D eigenvalue weighted by Gasteiger charge is 2.23. The Morgan fingerprint density at radius 2 is 1.45 bits per heavy atom. The largest absolute Gasteiger partial charge is 0.507 e. The minimum Gasteiger partial charge on any atom is -0.507 e. The Morgan fingerprint density at radius 1 is 0.788 bits per heavy atom. The van der Waals surface area contributed by atoms with Crippen LogP contribution < -0.4 is 11.3 Å². The molecule has 0 amide bonds. The van der Waals surface area contributed by atoms with E-state index < -0.39 is 11.3 Å². The molecule has 1 aliphatic carbocycles. The molecule has 2 N–H and O–H groups in total. The number of rotatable bonds is 2. The normalized spacial score (nSPS) is 13.1. The summed E-state index contributed by atoms with van der Waals surface area (Å²) in [6.07, 6.45) is 5.28. The average molecular weight is 438 g/mol. The summed E-state index contributed by atoms with van der Waals surface area (Å²) in [5, 5.41) is 24.6. The van der Waals surface area contributed by atoms with Crippen LogP contribution in [-0.4, -0.2) is 10.2 Å². The number of allylic oxidation sites excluding steroid dienone is 1. The van der Waals surface area contributed by atoms with Gasteiger partial charge in [-0.25, -0.2) is 9.59 Å². The Labute approximate surface area is 186 Å². The van der Waals surface area contributed by atoms with Crippen LogP contribution in [0.5, 0.6) is 11.5 Å². The van der Waals surface area contributed by atoms with Crippen LogP contribution in [0.1, 0.15) is 28.7 Å². The maximum absolute atomic E-state index is 12.8. The first kappa shape index (κ1) is 19.4. The lowest BCUT2D eigenvalue weighted by Gasteiger charge is -2.15. The molecule has 0 fully saturated rings. The number of aromatic hydroxyl groups is 2. The van der Waals surface area contributed by atoms with E-state index in [0.717, 1.165) is 29.4 Å². The summed E-state index contributed by atoms with van der Waals surface area (Å²) in [6, 6.07) is 14.4. The highest BCUT2D eigenvalue weighted by molar-refractivity contribution is 6.08. The van der Waals surface area contributed by atoms with E-state index in [1.54, 1.807) is 18.2 Å². The van der Waals surface area contributed by atoms with Crippen molar-refractivity contribution in [3.05, 3.63) is 97.7 Å². The van der Waals surface area contributed by atoms with E-state index in [9.17, 15) is 19.8 Å². The summed E-state index contributed by atoms with van der Waals surface area (Å²) in [7, 11) is 0. The van der Waals surface area contributed by atoms with Gasteiger partial charge in [-0.15, -0.1) is 0 Å². The van der Waals surface area contributed by atoms with E-state index in [2.05, 4.69) is 0 Å². The van der Waals surface area contributed by atoms with Crippen molar-refractivity contribution in [1.29, 1.82) is 0 Å². The third-order valence-corrected chi connectivity index (χ3v) is 6.35. The summed E-state index contributed by atoms with van der Waals surface area (Å²) in [6.45, 7) is 0. The van der Waals surface area contributed by atoms with Crippen molar-refractivity contribution in [2.75, 3.05) is 0 Å². The Kier molecular flexibility index (Phi) is 4.17. The van der Waals surface area contributed by atoms with Gasteiger partial charge in [-0.1, -0.05) is 48.6 Å². The molecule has 0 atom stereocenters. The van der Waals surface area contributed by atoms with Gasteiger partial charge in [0.2, 0.25) is 0 Å². The molecule has 6 heteroatoms. The van der Waals surface area contributed by atoms with E-state index in [1.165, 1.54) is 0 Å². The predicted octanol–water partition coefficient (Wildman–Crippen LogP) is 5.01. The second-order valence-corrected chi connectivity index (χ2v) is 8.22. The lowest BCUT2D eigenvalue weighted by Crippen LogP contribution is -2.15. The predicted molar refractivity (Wildman–Crippen MR) is 126 cm³/mol. The van der Waals surface area contributed by atoms with Crippen molar-refractivity contribution >= 4 is 38.8 Å². The van der Waals surface area contributed by atoms with Crippen LogP contribution in [0, 0.1) is 0 Å². The molecule has 0 unspecified atom stereocenters. The first-order chi connectivity index (χ1) is 16.0. The van der Waals surface area contributed by atoms with Gasteiger partial charge in [0.05, 0.1) is 21.9 Å². The third kappa shape index (κ3) is 2.88. The lowest BCUT2D eigenvalue weighted by atomic mass is 9.92. The summed E-state index contributed by atoms with van der Waals surface area (Å²) in [5.74, 6) is -0.520. The van der Waals surface area contributed by atoms with Crippen molar-refractivity contribution in [3.8, 4) is 11.5 Å². The molecule has 2 heterocycles. The minimum absolute atomic E-state index is 0.0999. The topological polar surface area (TPSA) is 101 Å². The molecular weight excluding hydrogens is 420 g/mol. The van der Waals surface area contributed by atoms with Gasteiger partial charge in [-0.3, -0.25) is 0 Å². The van der Waals surface area contributed by atoms with Crippen LogP contribution in [0.2, 0.25) is 0 Å². The molecule has 0 saturated carbocycles. The quantitative estimate of drug-likeness (QED) is 0.297. The molecule has 0 bridgehead atoms. The zero-order valence-electron chi connectivity index (χ0n) is 17.4. The highest BCUT2D eigenvalue weighted by atomic mass is 16.4. The van der Waals surface area contributed by atoms with Gasteiger partial charge < -0.3 is 19.0 Å². The first-order valence-electron chi connectivity index (χ1n) is 10.7. The van der Waals surface area contributed by atoms with Crippen LogP contribution in [0.15, 0.2) is 73.0 Å². The monoisotopic (exact) mass is 438 g/mol. The first-order valence-corrected chi connectivity index (χ1v) is 10.7. The van der Waals surface area contributed by atoms with Gasteiger partial charge in [-0.05, 0) is 46.9 Å². The third-order valence-electron chi connectivity index (χ3n) is 6.35. The van der Waals surface area contributed by atoms with Crippen LogP contribution in [-0.2, 0) is 12.8 Å². The maximum atomic E-state index is 12.8. The highest BCUT2D eigenvalue weighted by Crippen LogP contribution is 2.38. The fourth-order valence-electron chi connectivity index (χ4n) is 4.71. The number of benzene rings is 3. The molecule has 6 rings (SSSR count). The fourth-order valence-corrected chi connectivity index (χ4v) is 4.71. The number of hydrogen-bond acceptors (Lipinski definition) is 6. The lowest BCUT2D eigenvalue weighted by molar-refractivity contribution is 0.448. The van der Waals surface area contributed by atoms with Crippen LogP contribution in [0.25, 0.3) is 38.8 Å². The Hall–Kier alpha value is -4.32. The molecule has 0 spiro atoms. The zero-order chi connectivity index (χ0) is 22.7. The summed E-state index contributed by atoms with van der Waals surface area (Å²) < 4.78 is 11.0. The van der Waals surface area contributed by atoms with E-state index in [4.69, 9.17) is 8.83 Å². The van der Waals surface area contributed by atoms with E-state index in [-0.39, 0.29) is 40.2 Å². The fraction of sp³-hybridized carbons (Fsp3) is 0.111. The SMILES string of the molecule is O=c1oc2ccc3c(c2c(O)c1Cc1c(O)c2c(ccc4ccccc42)oc1=O)C=CCC3.